The zero-order valence-electron chi connectivity index (χ0n) is 11.3. The first kappa shape index (κ1) is 15.7. The Labute approximate surface area is 133 Å². The minimum absolute atomic E-state index is 0.209. The van der Waals surface area contributed by atoms with Gasteiger partial charge in [0.1, 0.15) is 17.9 Å². The van der Waals surface area contributed by atoms with Gasteiger partial charge in [0.2, 0.25) is 0 Å². The summed E-state index contributed by atoms with van der Waals surface area (Å²) in [4.78, 5) is 11.5. The number of carbonyl (C=O) groups is 1. The van der Waals surface area contributed by atoms with Crippen molar-refractivity contribution >= 4 is 30.2 Å². The lowest BCUT2D eigenvalue weighted by Gasteiger charge is -2.12. The van der Waals surface area contributed by atoms with E-state index in [0.717, 1.165) is 11.1 Å². The van der Waals surface area contributed by atoms with Crippen LogP contribution in [0.15, 0.2) is 42.5 Å². The van der Waals surface area contributed by atoms with Crippen molar-refractivity contribution < 1.29 is 14.6 Å². The maximum atomic E-state index is 11.5. The summed E-state index contributed by atoms with van der Waals surface area (Å²) in [5.41, 5.74) is 1.86. The number of benzene rings is 2. The maximum absolute atomic E-state index is 11.5. The van der Waals surface area contributed by atoms with Crippen LogP contribution in [0.5, 0.6) is 5.75 Å². The van der Waals surface area contributed by atoms with E-state index in [1.807, 2.05) is 12.1 Å². The van der Waals surface area contributed by atoms with Gasteiger partial charge < -0.3 is 9.84 Å². The van der Waals surface area contributed by atoms with E-state index in [0.29, 0.717) is 29.6 Å². The van der Waals surface area contributed by atoms with E-state index < -0.39 is 5.97 Å². The first-order chi connectivity index (χ1) is 10.1. The Kier molecular flexibility index (Phi) is 5.53. The number of rotatable bonds is 6. The van der Waals surface area contributed by atoms with Crippen LogP contribution in [0.2, 0.25) is 5.02 Å². The third-order valence-electron chi connectivity index (χ3n) is 3.02. The summed E-state index contributed by atoms with van der Waals surface area (Å²) in [6, 6.07) is 12.5. The lowest BCUT2D eigenvalue weighted by Crippen LogP contribution is -2.07. The summed E-state index contributed by atoms with van der Waals surface area (Å²) >= 11 is 9.98. The molecular weight excluding hydrogens is 308 g/mol. The van der Waals surface area contributed by atoms with Crippen LogP contribution in [0.4, 0.5) is 0 Å². The molecule has 0 aliphatic rings. The zero-order chi connectivity index (χ0) is 15.2. The SMILES string of the molecule is O=C(O)c1c(CCS)cccc1OCc1ccc(Cl)cc1. The van der Waals surface area contributed by atoms with Crippen LogP contribution in [-0.4, -0.2) is 16.8 Å². The lowest BCUT2D eigenvalue weighted by atomic mass is 10.0. The molecular formula is C16H15ClO3S. The van der Waals surface area contributed by atoms with Crippen LogP contribution >= 0.6 is 24.2 Å². The summed E-state index contributed by atoms with van der Waals surface area (Å²) in [6.07, 6.45) is 0.586. The molecule has 0 spiro atoms. The Morgan fingerprint density at radius 2 is 1.90 bits per heavy atom. The number of hydrogen-bond acceptors (Lipinski definition) is 3. The molecule has 2 aromatic rings. The highest BCUT2D eigenvalue weighted by Crippen LogP contribution is 2.24. The Balaban J connectivity index is 2.21. The third-order valence-corrected chi connectivity index (χ3v) is 3.49. The molecule has 0 aliphatic heterocycles. The van der Waals surface area contributed by atoms with Crippen molar-refractivity contribution in [2.24, 2.45) is 0 Å². The van der Waals surface area contributed by atoms with Crippen molar-refractivity contribution in [3.05, 3.63) is 64.2 Å². The zero-order valence-corrected chi connectivity index (χ0v) is 12.9. The molecule has 2 aromatic carbocycles. The van der Waals surface area contributed by atoms with Gasteiger partial charge in [-0.1, -0.05) is 35.9 Å². The van der Waals surface area contributed by atoms with Crippen LogP contribution in [-0.2, 0) is 13.0 Å². The highest BCUT2D eigenvalue weighted by atomic mass is 35.5. The van der Waals surface area contributed by atoms with Crippen molar-refractivity contribution in [3.63, 3.8) is 0 Å². The molecule has 0 fully saturated rings. The molecule has 0 bridgehead atoms. The number of carboxylic acid groups (broad SMARTS) is 1. The van der Waals surface area contributed by atoms with Crippen molar-refractivity contribution in [1.82, 2.24) is 0 Å². The van der Waals surface area contributed by atoms with E-state index in [2.05, 4.69) is 12.6 Å². The molecule has 0 aliphatic carbocycles. The fourth-order valence-electron chi connectivity index (χ4n) is 2.01. The van der Waals surface area contributed by atoms with E-state index in [-0.39, 0.29) is 5.56 Å². The molecule has 1 N–H and O–H groups in total. The van der Waals surface area contributed by atoms with Crippen LogP contribution in [0.1, 0.15) is 21.5 Å². The number of hydrogen-bond donors (Lipinski definition) is 2. The van der Waals surface area contributed by atoms with Crippen molar-refractivity contribution in [3.8, 4) is 5.75 Å². The molecule has 0 atom stereocenters. The summed E-state index contributed by atoms with van der Waals surface area (Å²) in [6.45, 7) is 0.293. The molecule has 0 saturated carbocycles. The van der Waals surface area contributed by atoms with Gasteiger partial charge in [-0.3, -0.25) is 0 Å². The molecule has 110 valence electrons. The minimum Gasteiger partial charge on any atom is -0.488 e. The highest BCUT2D eigenvalue weighted by molar-refractivity contribution is 7.80. The average molecular weight is 323 g/mol. The van der Waals surface area contributed by atoms with Gasteiger partial charge in [0.15, 0.2) is 0 Å². The molecule has 0 saturated heterocycles. The van der Waals surface area contributed by atoms with Gasteiger partial charge >= 0.3 is 5.97 Å². The van der Waals surface area contributed by atoms with Crippen LogP contribution in [0.3, 0.4) is 0 Å². The molecule has 0 unspecified atom stereocenters. The lowest BCUT2D eigenvalue weighted by molar-refractivity contribution is 0.0690. The van der Waals surface area contributed by atoms with Gasteiger partial charge in [-0.2, -0.15) is 12.6 Å². The monoisotopic (exact) mass is 322 g/mol. The van der Waals surface area contributed by atoms with Crippen molar-refractivity contribution in [1.29, 1.82) is 0 Å². The normalized spacial score (nSPS) is 10.4. The number of aromatic carboxylic acids is 1. The van der Waals surface area contributed by atoms with Gasteiger partial charge in [-0.15, -0.1) is 0 Å². The average Bonchev–Trinajstić information content (AvgIpc) is 2.47. The second-order valence-electron chi connectivity index (χ2n) is 4.48. The predicted molar refractivity (Wildman–Crippen MR) is 86.7 cm³/mol. The van der Waals surface area contributed by atoms with E-state index >= 15 is 0 Å². The Hall–Kier alpha value is -1.65. The molecule has 21 heavy (non-hydrogen) atoms. The van der Waals surface area contributed by atoms with E-state index in [9.17, 15) is 9.90 Å². The molecule has 0 amide bonds. The van der Waals surface area contributed by atoms with Crippen LogP contribution in [0.25, 0.3) is 0 Å². The first-order valence-corrected chi connectivity index (χ1v) is 7.46. The molecule has 5 heteroatoms. The van der Waals surface area contributed by atoms with E-state index in [1.54, 1.807) is 30.3 Å². The number of ether oxygens (including phenoxy) is 1. The fourth-order valence-corrected chi connectivity index (χ4v) is 2.38. The smallest absolute Gasteiger partial charge is 0.339 e. The number of carboxylic acids is 1. The molecule has 0 heterocycles. The summed E-state index contributed by atoms with van der Waals surface area (Å²) in [7, 11) is 0. The summed E-state index contributed by atoms with van der Waals surface area (Å²) in [5, 5.41) is 10.0. The molecule has 2 rings (SSSR count). The number of thiol groups is 1. The minimum atomic E-state index is -0.988. The highest BCUT2D eigenvalue weighted by Gasteiger charge is 2.16. The summed E-state index contributed by atoms with van der Waals surface area (Å²) < 4.78 is 5.66. The van der Waals surface area contributed by atoms with Crippen molar-refractivity contribution in [2.75, 3.05) is 5.75 Å². The number of aryl methyl sites for hydroxylation is 1. The molecule has 0 aromatic heterocycles. The Morgan fingerprint density at radius 3 is 2.52 bits per heavy atom. The maximum Gasteiger partial charge on any atom is 0.339 e. The van der Waals surface area contributed by atoms with Gasteiger partial charge in [0.25, 0.3) is 0 Å². The van der Waals surface area contributed by atoms with E-state index in [1.165, 1.54) is 0 Å². The van der Waals surface area contributed by atoms with Crippen LogP contribution in [0, 0.1) is 0 Å². The standard InChI is InChI=1S/C16H15ClO3S/c17-13-6-4-11(5-7-13)10-20-14-3-1-2-12(8-9-21)15(14)16(18)19/h1-7,21H,8-10H2,(H,18,19). The van der Waals surface area contributed by atoms with Gasteiger partial charge in [-0.05, 0) is 41.5 Å². The number of halogens is 1. The fraction of sp³-hybridized carbons (Fsp3) is 0.188. The molecule has 0 radical (unpaired) electrons. The summed E-state index contributed by atoms with van der Waals surface area (Å²) in [5.74, 6) is -0.0313. The topological polar surface area (TPSA) is 46.5 Å². The van der Waals surface area contributed by atoms with Crippen molar-refractivity contribution in [2.45, 2.75) is 13.0 Å². The second-order valence-corrected chi connectivity index (χ2v) is 5.37. The van der Waals surface area contributed by atoms with E-state index in [4.69, 9.17) is 16.3 Å². The predicted octanol–water partition coefficient (Wildman–Crippen LogP) is 4.09. The Bertz CT molecular complexity index is 626. The second kappa shape index (κ2) is 7.38. The quantitative estimate of drug-likeness (QED) is 0.787. The largest absolute Gasteiger partial charge is 0.488 e. The van der Waals surface area contributed by atoms with Crippen LogP contribution < -0.4 is 4.74 Å². The molecule has 3 nitrogen and oxygen atoms in total. The third kappa shape index (κ3) is 4.16. The first-order valence-electron chi connectivity index (χ1n) is 6.45. The Morgan fingerprint density at radius 1 is 1.19 bits per heavy atom. The van der Waals surface area contributed by atoms with Gasteiger partial charge in [-0.25, -0.2) is 4.79 Å². The van der Waals surface area contributed by atoms with Gasteiger partial charge in [0.05, 0.1) is 0 Å². The van der Waals surface area contributed by atoms with Gasteiger partial charge in [0, 0.05) is 5.02 Å².